The normalized spacial score (nSPS) is 14.3. The van der Waals surface area contributed by atoms with Gasteiger partial charge in [0.25, 0.3) is 0 Å². The third-order valence-corrected chi connectivity index (χ3v) is 2.67. The molecule has 0 radical (unpaired) electrons. The fourth-order valence-electron chi connectivity index (χ4n) is 1.46. The second-order valence-corrected chi connectivity index (χ2v) is 4.23. The van der Waals surface area contributed by atoms with Gasteiger partial charge in [0.1, 0.15) is 0 Å². The van der Waals surface area contributed by atoms with Crippen LogP contribution in [0.15, 0.2) is 24.3 Å². The first-order chi connectivity index (χ1) is 7.06. The van der Waals surface area contributed by atoms with Gasteiger partial charge in [0.15, 0.2) is 0 Å². The number of nitrogens with zero attached hydrogens (tertiary/aromatic N) is 1. The number of unbranched alkanes of at least 4 members (excludes halogenated alkanes) is 1. The van der Waals surface area contributed by atoms with E-state index in [0.717, 1.165) is 5.56 Å². The van der Waals surface area contributed by atoms with Crippen LogP contribution in [-0.4, -0.2) is 5.11 Å². The Hall–Kier alpha value is -1.04. The van der Waals surface area contributed by atoms with Crippen molar-refractivity contribution < 1.29 is 5.11 Å². The summed E-state index contributed by atoms with van der Waals surface area (Å²) in [6.07, 6.45) is 1.76. The molecule has 0 saturated carbocycles. The maximum atomic E-state index is 10.2. The molecule has 1 aromatic rings. The Morgan fingerprint density at radius 3 is 2.53 bits per heavy atom. The summed E-state index contributed by atoms with van der Waals surface area (Å²) < 4.78 is 0. The number of rotatable bonds is 4. The second-order valence-electron chi connectivity index (χ2n) is 3.79. The van der Waals surface area contributed by atoms with E-state index in [1.807, 2.05) is 12.1 Å². The predicted molar refractivity (Wildman–Crippen MR) is 60.5 cm³/mol. The number of hydrogen-bond donors (Lipinski definition) is 1. The van der Waals surface area contributed by atoms with Gasteiger partial charge in [-0.15, -0.1) is 0 Å². The first-order valence-corrected chi connectivity index (χ1v) is 5.29. The molecule has 0 aliphatic carbocycles. The zero-order valence-electron chi connectivity index (χ0n) is 8.70. The second kappa shape index (κ2) is 5.16. The third-order valence-electron chi connectivity index (χ3n) is 2.42. The molecule has 0 saturated heterocycles. The number of aliphatic hydroxyl groups is 1. The standard InChI is InChI=1S/C12H14ClNO/c1-12(15,8-2-3-9-14)10-4-6-11(13)7-5-10/h4-7,15H,2-3,8H2,1H3. The van der Waals surface area contributed by atoms with Gasteiger partial charge in [0.05, 0.1) is 11.7 Å². The van der Waals surface area contributed by atoms with E-state index in [0.29, 0.717) is 24.3 Å². The summed E-state index contributed by atoms with van der Waals surface area (Å²) in [6, 6.07) is 9.22. The number of nitriles is 1. The lowest BCUT2D eigenvalue weighted by Crippen LogP contribution is -2.20. The Kier molecular flexibility index (Phi) is 4.14. The number of halogens is 1. The molecule has 1 aromatic carbocycles. The summed E-state index contributed by atoms with van der Waals surface area (Å²) in [5.41, 5.74) is -0.0358. The van der Waals surface area contributed by atoms with E-state index in [4.69, 9.17) is 16.9 Å². The number of hydrogen-bond acceptors (Lipinski definition) is 2. The highest BCUT2D eigenvalue weighted by molar-refractivity contribution is 6.30. The minimum Gasteiger partial charge on any atom is -0.385 e. The SMILES string of the molecule is CC(O)(CCCC#N)c1ccc(Cl)cc1. The zero-order chi connectivity index (χ0) is 11.3. The molecule has 0 amide bonds. The van der Waals surface area contributed by atoms with Crippen LogP contribution in [0, 0.1) is 11.3 Å². The lowest BCUT2D eigenvalue weighted by Gasteiger charge is -2.23. The molecular formula is C12H14ClNO. The van der Waals surface area contributed by atoms with Crippen LogP contribution in [0.1, 0.15) is 31.7 Å². The van der Waals surface area contributed by atoms with Crippen LogP contribution in [0.3, 0.4) is 0 Å². The number of benzene rings is 1. The van der Waals surface area contributed by atoms with E-state index in [1.165, 1.54) is 0 Å². The Morgan fingerprint density at radius 1 is 1.40 bits per heavy atom. The molecule has 0 bridgehead atoms. The molecule has 1 N–H and O–H groups in total. The molecule has 0 spiro atoms. The fourth-order valence-corrected chi connectivity index (χ4v) is 1.59. The van der Waals surface area contributed by atoms with Crippen molar-refractivity contribution in [1.82, 2.24) is 0 Å². The minimum absolute atomic E-state index is 0.476. The van der Waals surface area contributed by atoms with Crippen molar-refractivity contribution >= 4 is 11.6 Å². The van der Waals surface area contributed by atoms with Crippen LogP contribution in [-0.2, 0) is 5.60 Å². The van der Waals surface area contributed by atoms with Gasteiger partial charge in [-0.3, -0.25) is 0 Å². The van der Waals surface area contributed by atoms with Gasteiger partial charge in [-0.1, -0.05) is 23.7 Å². The molecule has 15 heavy (non-hydrogen) atoms. The highest BCUT2D eigenvalue weighted by Gasteiger charge is 2.21. The first kappa shape index (κ1) is 12.0. The van der Waals surface area contributed by atoms with E-state index in [2.05, 4.69) is 6.07 Å². The molecule has 3 heteroatoms. The van der Waals surface area contributed by atoms with Crippen LogP contribution in [0.25, 0.3) is 0 Å². The third kappa shape index (κ3) is 3.54. The summed E-state index contributed by atoms with van der Waals surface area (Å²) in [5.74, 6) is 0. The van der Waals surface area contributed by atoms with E-state index in [-0.39, 0.29) is 0 Å². The van der Waals surface area contributed by atoms with Gasteiger partial charge in [-0.05, 0) is 37.5 Å². The molecular weight excluding hydrogens is 210 g/mol. The van der Waals surface area contributed by atoms with Crippen LogP contribution in [0.2, 0.25) is 5.02 Å². The minimum atomic E-state index is -0.874. The molecule has 0 aliphatic heterocycles. The molecule has 0 aliphatic rings. The maximum absolute atomic E-state index is 10.2. The highest BCUT2D eigenvalue weighted by atomic mass is 35.5. The molecule has 80 valence electrons. The van der Waals surface area contributed by atoms with Gasteiger partial charge < -0.3 is 5.11 Å². The summed E-state index contributed by atoms with van der Waals surface area (Å²) in [4.78, 5) is 0. The Balaban J connectivity index is 2.68. The van der Waals surface area contributed by atoms with Gasteiger partial charge in [0, 0.05) is 11.4 Å². The van der Waals surface area contributed by atoms with Crippen LogP contribution in [0.5, 0.6) is 0 Å². The van der Waals surface area contributed by atoms with E-state index >= 15 is 0 Å². The summed E-state index contributed by atoms with van der Waals surface area (Å²) >= 11 is 5.76. The van der Waals surface area contributed by atoms with Crippen molar-refractivity contribution in [3.8, 4) is 6.07 Å². The summed E-state index contributed by atoms with van der Waals surface area (Å²) in [6.45, 7) is 1.76. The van der Waals surface area contributed by atoms with Crippen molar-refractivity contribution in [2.24, 2.45) is 0 Å². The van der Waals surface area contributed by atoms with Crippen LogP contribution in [0.4, 0.5) is 0 Å². The van der Waals surface area contributed by atoms with E-state index < -0.39 is 5.60 Å². The highest BCUT2D eigenvalue weighted by Crippen LogP contribution is 2.27. The topological polar surface area (TPSA) is 44.0 Å². The molecule has 1 rings (SSSR count). The molecule has 0 heterocycles. The molecule has 0 aromatic heterocycles. The first-order valence-electron chi connectivity index (χ1n) is 4.91. The lowest BCUT2D eigenvalue weighted by atomic mass is 9.91. The lowest BCUT2D eigenvalue weighted by molar-refractivity contribution is 0.0460. The Morgan fingerprint density at radius 2 is 2.00 bits per heavy atom. The van der Waals surface area contributed by atoms with Crippen molar-refractivity contribution in [2.75, 3.05) is 0 Å². The monoisotopic (exact) mass is 223 g/mol. The van der Waals surface area contributed by atoms with Gasteiger partial charge in [-0.2, -0.15) is 5.26 Å². The maximum Gasteiger partial charge on any atom is 0.0868 e. The average molecular weight is 224 g/mol. The van der Waals surface area contributed by atoms with Crippen molar-refractivity contribution in [3.05, 3.63) is 34.9 Å². The zero-order valence-corrected chi connectivity index (χ0v) is 9.46. The molecule has 1 atom stereocenters. The van der Waals surface area contributed by atoms with Gasteiger partial charge >= 0.3 is 0 Å². The Bertz CT molecular complexity index is 351. The largest absolute Gasteiger partial charge is 0.385 e. The van der Waals surface area contributed by atoms with E-state index in [9.17, 15) is 5.11 Å². The van der Waals surface area contributed by atoms with Gasteiger partial charge in [0.2, 0.25) is 0 Å². The predicted octanol–water partition coefficient (Wildman–Crippen LogP) is 3.24. The quantitative estimate of drug-likeness (QED) is 0.797. The van der Waals surface area contributed by atoms with E-state index in [1.54, 1.807) is 19.1 Å². The molecule has 0 fully saturated rings. The summed E-state index contributed by atoms with van der Waals surface area (Å²) in [7, 11) is 0. The van der Waals surface area contributed by atoms with Gasteiger partial charge in [-0.25, -0.2) is 0 Å². The van der Waals surface area contributed by atoms with Crippen molar-refractivity contribution in [3.63, 3.8) is 0 Å². The molecule has 2 nitrogen and oxygen atoms in total. The van der Waals surface area contributed by atoms with Crippen molar-refractivity contribution in [2.45, 2.75) is 31.8 Å². The fraction of sp³-hybridized carbons (Fsp3) is 0.417. The van der Waals surface area contributed by atoms with Crippen LogP contribution < -0.4 is 0 Å². The summed E-state index contributed by atoms with van der Waals surface area (Å²) in [5, 5.41) is 19.2. The molecule has 1 unspecified atom stereocenters. The van der Waals surface area contributed by atoms with Crippen molar-refractivity contribution in [1.29, 1.82) is 5.26 Å². The smallest absolute Gasteiger partial charge is 0.0868 e. The Labute approximate surface area is 95.1 Å². The average Bonchev–Trinajstić information content (AvgIpc) is 2.18. The van der Waals surface area contributed by atoms with Crippen LogP contribution >= 0.6 is 11.6 Å².